The van der Waals surface area contributed by atoms with E-state index < -0.39 is 0 Å². The fourth-order valence-electron chi connectivity index (χ4n) is 1.36. The van der Waals surface area contributed by atoms with Crippen molar-refractivity contribution < 1.29 is 9.53 Å². The third kappa shape index (κ3) is 3.33. The molecule has 0 aliphatic heterocycles. The fourth-order valence-corrected chi connectivity index (χ4v) is 1.36. The van der Waals surface area contributed by atoms with Gasteiger partial charge in [-0.1, -0.05) is 5.92 Å². The minimum absolute atomic E-state index is 0.0556. The van der Waals surface area contributed by atoms with Gasteiger partial charge >= 0.3 is 5.97 Å². The van der Waals surface area contributed by atoms with Crippen molar-refractivity contribution in [2.75, 3.05) is 6.61 Å². The second kappa shape index (κ2) is 6.06. The van der Waals surface area contributed by atoms with Crippen molar-refractivity contribution in [3.8, 4) is 12.3 Å². The normalized spacial score (nSPS) is 11.9. The van der Waals surface area contributed by atoms with Gasteiger partial charge in [0.25, 0.3) is 0 Å². The quantitative estimate of drug-likeness (QED) is 0.603. The van der Waals surface area contributed by atoms with Crippen LogP contribution in [0.25, 0.3) is 0 Å². The lowest BCUT2D eigenvalue weighted by Gasteiger charge is -2.09. The first kappa shape index (κ1) is 13.3. The van der Waals surface area contributed by atoms with Crippen LogP contribution < -0.4 is 5.32 Å². The van der Waals surface area contributed by atoms with E-state index in [0.29, 0.717) is 18.7 Å². The molecule has 1 N–H and O–H groups in total. The van der Waals surface area contributed by atoms with Crippen LogP contribution in [0.5, 0.6) is 0 Å². The number of carbonyl (C=O) groups is 1. The molecule has 1 aromatic rings. The number of aromatic nitrogens is 2. The minimum atomic E-state index is -0.356. The lowest BCUT2D eigenvalue weighted by molar-refractivity contribution is 0.0524. The molecule has 0 bridgehead atoms. The number of aryl methyl sites for hydroxylation is 1. The summed E-state index contributed by atoms with van der Waals surface area (Å²) < 4.78 is 6.60. The first-order chi connectivity index (χ1) is 8.10. The second-order valence-corrected chi connectivity index (χ2v) is 3.62. The SMILES string of the molecule is C#CC(C)NCc1c(C(=O)OCC)cnn1C. The molecule has 0 aromatic carbocycles. The standard InChI is InChI=1S/C12H17N3O2/c1-5-9(3)13-8-11-10(7-14-15(11)4)12(16)17-6-2/h1,7,9,13H,6,8H2,2-4H3. The zero-order valence-electron chi connectivity index (χ0n) is 10.4. The first-order valence-electron chi connectivity index (χ1n) is 5.47. The molecule has 5 heteroatoms. The molecule has 17 heavy (non-hydrogen) atoms. The van der Waals surface area contributed by atoms with E-state index in [0.717, 1.165) is 5.69 Å². The zero-order valence-corrected chi connectivity index (χ0v) is 10.4. The Labute approximate surface area is 101 Å². The molecule has 0 radical (unpaired) electrons. The first-order valence-corrected chi connectivity index (χ1v) is 5.47. The Hall–Kier alpha value is -1.80. The molecule has 1 unspecified atom stereocenters. The van der Waals surface area contributed by atoms with Crippen LogP contribution in [0.4, 0.5) is 0 Å². The average molecular weight is 235 g/mol. The van der Waals surface area contributed by atoms with E-state index in [4.69, 9.17) is 11.2 Å². The number of rotatable bonds is 5. The number of nitrogens with one attached hydrogen (secondary N) is 1. The molecule has 92 valence electrons. The number of esters is 1. The van der Waals surface area contributed by atoms with Gasteiger partial charge in [0.2, 0.25) is 0 Å². The molecule has 0 fully saturated rings. The largest absolute Gasteiger partial charge is 0.462 e. The second-order valence-electron chi connectivity index (χ2n) is 3.62. The molecule has 0 saturated heterocycles. The Morgan fingerprint density at radius 1 is 1.76 bits per heavy atom. The summed E-state index contributed by atoms with van der Waals surface area (Å²) in [6.45, 7) is 4.48. The molecule has 1 rings (SSSR count). The summed E-state index contributed by atoms with van der Waals surface area (Å²) in [6.07, 6.45) is 6.78. The number of ether oxygens (including phenoxy) is 1. The van der Waals surface area contributed by atoms with Crippen molar-refractivity contribution in [1.82, 2.24) is 15.1 Å². The number of hydrogen-bond acceptors (Lipinski definition) is 4. The monoisotopic (exact) mass is 235 g/mol. The third-order valence-corrected chi connectivity index (χ3v) is 2.38. The van der Waals surface area contributed by atoms with Crippen molar-refractivity contribution in [2.24, 2.45) is 7.05 Å². The highest BCUT2D eigenvalue weighted by Gasteiger charge is 2.16. The number of hydrogen-bond donors (Lipinski definition) is 1. The molecule has 0 saturated carbocycles. The summed E-state index contributed by atoms with van der Waals surface area (Å²) in [5.41, 5.74) is 1.25. The topological polar surface area (TPSA) is 56.1 Å². The van der Waals surface area contributed by atoms with Gasteiger partial charge in [0.15, 0.2) is 0 Å². The molecule has 5 nitrogen and oxygen atoms in total. The highest BCUT2D eigenvalue weighted by Crippen LogP contribution is 2.09. The predicted molar refractivity (Wildman–Crippen MR) is 64.3 cm³/mol. The van der Waals surface area contributed by atoms with E-state index in [-0.39, 0.29) is 12.0 Å². The summed E-state index contributed by atoms with van der Waals surface area (Å²) >= 11 is 0. The van der Waals surface area contributed by atoms with Crippen LogP contribution in [0.3, 0.4) is 0 Å². The maximum atomic E-state index is 11.6. The highest BCUT2D eigenvalue weighted by atomic mass is 16.5. The van der Waals surface area contributed by atoms with Gasteiger partial charge in [-0.15, -0.1) is 6.42 Å². The van der Waals surface area contributed by atoms with E-state index in [1.54, 1.807) is 18.7 Å². The smallest absolute Gasteiger partial charge is 0.341 e. The molecule has 0 aliphatic carbocycles. The summed E-state index contributed by atoms with van der Waals surface area (Å²) in [7, 11) is 1.78. The van der Waals surface area contributed by atoms with Crippen LogP contribution in [-0.4, -0.2) is 28.4 Å². The van der Waals surface area contributed by atoms with Crippen LogP contribution in [0, 0.1) is 12.3 Å². The van der Waals surface area contributed by atoms with E-state index >= 15 is 0 Å². The molecule has 1 aromatic heterocycles. The molecule has 1 atom stereocenters. The van der Waals surface area contributed by atoms with Crippen molar-refractivity contribution in [3.63, 3.8) is 0 Å². The van der Waals surface area contributed by atoms with Gasteiger partial charge in [0, 0.05) is 13.6 Å². The zero-order chi connectivity index (χ0) is 12.8. The Morgan fingerprint density at radius 2 is 2.47 bits per heavy atom. The molecular weight excluding hydrogens is 218 g/mol. The van der Waals surface area contributed by atoms with Gasteiger partial charge in [-0.05, 0) is 13.8 Å². The Morgan fingerprint density at radius 3 is 3.06 bits per heavy atom. The summed E-state index contributed by atoms with van der Waals surface area (Å²) in [5, 5.41) is 7.16. The van der Waals surface area contributed by atoms with E-state index in [1.807, 2.05) is 6.92 Å². The van der Waals surface area contributed by atoms with Crippen LogP contribution in [0.1, 0.15) is 29.9 Å². The van der Waals surface area contributed by atoms with Crippen molar-refractivity contribution >= 4 is 5.97 Å². The number of terminal acetylenes is 1. The Balaban J connectivity index is 2.80. The molecular formula is C12H17N3O2. The van der Waals surface area contributed by atoms with Gasteiger partial charge in [0.1, 0.15) is 5.56 Å². The van der Waals surface area contributed by atoms with Gasteiger partial charge in [0.05, 0.1) is 24.5 Å². The number of carbonyl (C=O) groups excluding carboxylic acids is 1. The summed E-state index contributed by atoms with van der Waals surface area (Å²) in [4.78, 5) is 11.6. The predicted octanol–water partition coefficient (Wildman–Crippen LogP) is 0.708. The van der Waals surface area contributed by atoms with Gasteiger partial charge in [-0.3, -0.25) is 10.00 Å². The van der Waals surface area contributed by atoms with E-state index in [1.165, 1.54) is 6.20 Å². The average Bonchev–Trinajstić information content (AvgIpc) is 2.68. The van der Waals surface area contributed by atoms with Crippen molar-refractivity contribution in [2.45, 2.75) is 26.4 Å². The third-order valence-electron chi connectivity index (χ3n) is 2.38. The van der Waals surface area contributed by atoms with Crippen LogP contribution in [0.15, 0.2) is 6.20 Å². The molecule has 1 heterocycles. The molecule has 0 amide bonds. The van der Waals surface area contributed by atoms with Gasteiger partial charge in [-0.25, -0.2) is 4.79 Å². The summed E-state index contributed by atoms with van der Waals surface area (Å²) in [6, 6.07) is -0.0556. The molecule has 0 aliphatic rings. The van der Waals surface area contributed by atoms with Gasteiger partial charge in [-0.2, -0.15) is 5.10 Å². The van der Waals surface area contributed by atoms with E-state index in [9.17, 15) is 4.79 Å². The maximum Gasteiger partial charge on any atom is 0.341 e. The highest BCUT2D eigenvalue weighted by molar-refractivity contribution is 5.90. The minimum Gasteiger partial charge on any atom is -0.462 e. The molecule has 0 spiro atoms. The lowest BCUT2D eigenvalue weighted by Crippen LogP contribution is -2.26. The summed E-state index contributed by atoms with van der Waals surface area (Å²) in [5.74, 6) is 2.21. The van der Waals surface area contributed by atoms with Crippen LogP contribution in [-0.2, 0) is 18.3 Å². The van der Waals surface area contributed by atoms with Crippen LogP contribution >= 0.6 is 0 Å². The Kier molecular flexibility index (Phi) is 4.73. The van der Waals surface area contributed by atoms with E-state index in [2.05, 4.69) is 16.3 Å². The maximum absolute atomic E-state index is 11.6. The Bertz CT molecular complexity index is 431. The van der Waals surface area contributed by atoms with Crippen molar-refractivity contribution in [1.29, 1.82) is 0 Å². The lowest BCUT2D eigenvalue weighted by atomic mass is 10.2. The number of nitrogens with zero attached hydrogens (tertiary/aromatic N) is 2. The van der Waals surface area contributed by atoms with Crippen LogP contribution in [0.2, 0.25) is 0 Å². The van der Waals surface area contributed by atoms with Crippen molar-refractivity contribution in [3.05, 3.63) is 17.5 Å². The fraction of sp³-hybridized carbons (Fsp3) is 0.500. The van der Waals surface area contributed by atoms with Gasteiger partial charge < -0.3 is 4.74 Å².